The van der Waals surface area contributed by atoms with Gasteiger partial charge in [-0.15, -0.1) is 0 Å². The van der Waals surface area contributed by atoms with Crippen molar-refractivity contribution >= 4 is 17.1 Å². The molecule has 5 nitrogen and oxygen atoms in total. The second-order valence-corrected chi connectivity index (χ2v) is 5.03. The van der Waals surface area contributed by atoms with Crippen LogP contribution < -0.4 is 11.1 Å². The third-order valence-electron chi connectivity index (χ3n) is 3.43. The molecule has 0 spiro atoms. The standard InChI is InChI=1S/C16H15FN4O/c1-10-3-2-4-15-14(9-19-21(10)15)16(22)20-13-6-11(8-18)5-12(17)7-13/h2-7,9H,8,18H2,1H3,(H,20,22). The molecule has 0 aliphatic carbocycles. The van der Waals surface area contributed by atoms with Crippen LogP contribution in [0.3, 0.4) is 0 Å². The highest BCUT2D eigenvalue weighted by molar-refractivity contribution is 6.08. The van der Waals surface area contributed by atoms with E-state index in [4.69, 9.17) is 5.73 Å². The maximum atomic E-state index is 13.5. The highest BCUT2D eigenvalue weighted by atomic mass is 19.1. The minimum Gasteiger partial charge on any atom is -0.326 e. The molecule has 0 unspecified atom stereocenters. The Morgan fingerprint density at radius 3 is 2.95 bits per heavy atom. The van der Waals surface area contributed by atoms with E-state index in [0.717, 1.165) is 5.69 Å². The van der Waals surface area contributed by atoms with Gasteiger partial charge < -0.3 is 11.1 Å². The molecule has 0 aliphatic heterocycles. The monoisotopic (exact) mass is 298 g/mol. The third kappa shape index (κ3) is 2.56. The van der Waals surface area contributed by atoms with Crippen LogP contribution in [0.15, 0.2) is 42.6 Å². The molecule has 3 aromatic rings. The minimum absolute atomic E-state index is 0.205. The van der Waals surface area contributed by atoms with Gasteiger partial charge in [-0.2, -0.15) is 5.10 Å². The van der Waals surface area contributed by atoms with Gasteiger partial charge in [-0.05, 0) is 42.8 Å². The van der Waals surface area contributed by atoms with Crippen LogP contribution in [0.1, 0.15) is 21.6 Å². The van der Waals surface area contributed by atoms with Crippen molar-refractivity contribution < 1.29 is 9.18 Å². The van der Waals surface area contributed by atoms with Gasteiger partial charge in [0.1, 0.15) is 5.82 Å². The van der Waals surface area contributed by atoms with Crippen molar-refractivity contribution in [3.63, 3.8) is 0 Å². The molecule has 3 rings (SSSR count). The number of fused-ring (bicyclic) bond motifs is 1. The van der Waals surface area contributed by atoms with Crippen molar-refractivity contribution in [2.24, 2.45) is 5.73 Å². The number of rotatable bonds is 3. The predicted molar refractivity (Wildman–Crippen MR) is 82.2 cm³/mol. The summed E-state index contributed by atoms with van der Waals surface area (Å²) in [5.74, 6) is -0.775. The molecule has 2 aromatic heterocycles. The number of hydrogen-bond donors (Lipinski definition) is 2. The number of amides is 1. The maximum absolute atomic E-state index is 13.5. The predicted octanol–water partition coefficient (Wildman–Crippen LogP) is 2.49. The lowest BCUT2D eigenvalue weighted by Crippen LogP contribution is -2.12. The lowest BCUT2D eigenvalue weighted by Gasteiger charge is -2.07. The molecular weight excluding hydrogens is 283 g/mol. The van der Waals surface area contributed by atoms with Crippen LogP contribution in [0.4, 0.5) is 10.1 Å². The first-order valence-electron chi connectivity index (χ1n) is 6.83. The summed E-state index contributed by atoms with van der Waals surface area (Å²) in [5, 5.41) is 6.88. The first kappa shape index (κ1) is 14.2. The second-order valence-electron chi connectivity index (χ2n) is 5.03. The zero-order valence-corrected chi connectivity index (χ0v) is 12.0. The van der Waals surface area contributed by atoms with Crippen LogP contribution >= 0.6 is 0 Å². The van der Waals surface area contributed by atoms with Gasteiger partial charge in [0, 0.05) is 17.9 Å². The Bertz CT molecular complexity index is 856. The topological polar surface area (TPSA) is 72.4 Å². The van der Waals surface area contributed by atoms with Crippen LogP contribution in [-0.2, 0) is 6.54 Å². The van der Waals surface area contributed by atoms with Crippen molar-refractivity contribution in [3.05, 3.63) is 65.2 Å². The SMILES string of the molecule is Cc1cccc2c(C(=O)Nc3cc(F)cc(CN)c3)cnn12. The van der Waals surface area contributed by atoms with Crippen LogP contribution in [0, 0.1) is 12.7 Å². The molecule has 1 amide bonds. The van der Waals surface area contributed by atoms with Gasteiger partial charge in [-0.25, -0.2) is 8.91 Å². The van der Waals surface area contributed by atoms with E-state index in [-0.39, 0.29) is 12.5 Å². The molecule has 0 saturated carbocycles. The highest BCUT2D eigenvalue weighted by Gasteiger charge is 2.14. The molecular formula is C16H15FN4O. The number of benzene rings is 1. The number of nitrogens with zero attached hydrogens (tertiary/aromatic N) is 2. The Morgan fingerprint density at radius 2 is 2.18 bits per heavy atom. The first-order chi connectivity index (χ1) is 10.6. The van der Waals surface area contributed by atoms with Crippen molar-refractivity contribution in [1.82, 2.24) is 9.61 Å². The molecule has 0 bridgehead atoms. The number of carbonyl (C=O) groups is 1. The molecule has 3 N–H and O–H groups in total. The van der Waals surface area contributed by atoms with Gasteiger partial charge in [0.05, 0.1) is 17.3 Å². The van der Waals surface area contributed by atoms with Gasteiger partial charge >= 0.3 is 0 Å². The number of aryl methyl sites for hydroxylation is 1. The summed E-state index contributed by atoms with van der Waals surface area (Å²) in [6.45, 7) is 2.11. The molecule has 1 aromatic carbocycles. The number of nitrogens with two attached hydrogens (primary N) is 1. The number of pyridine rings is 1. The fourth-order valence-corrected chi connectivity index (χ4v) is 2.36. The van der Waals surface area contributed by atoms with Gasteiger partial charge in [0.15, 0.2) is 0 Å². The lowest BCUT2D eigenvalue weighted by molar-refractivity contribution is 0.102. The average Bonchev–Trinajstić information content (AvgIpc) is 2.92. The zero-order valence-electron chi connectivity index (χ0n) is 12.0. The maximum Gasteiger partial charge on any atom is 0.259 e. The van der Waals surface area contributed by atoms with Crippen molar-refractivity contribution in [3.8, 4) is 0 Å². The van der Waals surface area contributed by atoms with Gasteiger partial charge in [-0.1, -0.05) is 6.07 Å². The number of carbonyl (C=O) groups excluding carboxylic acids is 1. The number of nitrogens with one attached hydrogen (secondary N) is 1. The van der Waals surface area contributed by atoms with Gasteiger partial charge in [0.25, 0.3) is 5.91 Å². The van der Waals surface area contributed by atoms with Crippen LogP contribution in [-0.4, -0.2) is 15.5 Å². The fraction of sp³-hybridized carbons (Fsp3) is 0.125. The smallest absolute Gasteiger partial charge is 0.259 e. The average molecular weight is 298 g/mol. The van der Waals surface area contributed by atoms with Crippen molar-refractivity contribution in [2.75, 3.05) is 5.32 Å². The minimum atomic E-state index is -0.436. The number of aromatic nitrogens is 2. The van der Waals surface area contributed by atoms with Crippen LogP contribution in [0.5, 0.6) is 0 Å². The van der Waals surface area contributed by atoms with E-state index in [0.29, 0.717) is 22.3 Å². The quantitative estimate of drug-likeness (QED) is 0.780. The van der Waals surface area contributed by atoms with E-state index in [9.17, 15) is 9.18 Å². The first-order valence-corrected chi connectivity index (χ1v) is 6.83. The molecule has 0 fully saturated rings. The summed E-state index contributed by atoms with van der Waals surface area (Å²) in [7, 11) is 0. The summed E-state index contributed by atoms with van der Waals surface area (Å²) in [6.07, 6.45) is 1.50. The van der Waals surface area contributed by atoms with E-state index in [2.05, 4.69) is 10.4 Å². The summed E-state index contributed by atoms with van der Waals surface area (Å²) in [4.78, 5) is 12.4. The molecule has 112 valence electrons. The van der Waals surface area contributed by atoms with Gasteiger partial charge in [-0.3, -0.25) is 4.79 Å². The van der Waals surface area contributed by atoms with E-state index in [1.54, 1.807) is 10.6 Å². The molecule has 6 heteroatoms. The highest BCUT2D eigenvalue weighted by Crippen LogP contribution is 2.17. The number of hydrogen-bond acceptors (Lipinski definition) is 3. The molecule has 22 heavy (non-hydrogen) atoms. The normalized spacial score (nSPS) is 10.9. The Balaban J connectivity index is 1.94. The summed E-state index contributed by atoms with van der Waals surface area (Å²) >= 11 is 0. The summed E-state index contributed by atoms with van der Waals surface area (Å²) in [6, 6.07) is 9.83. The summed E-state index contributed by atoms with van der Waals surface area (Å²) in [5.41, 5.74) is 8.56. The zero-order chi connectivity index (χ0) is 15.7. The van der Waals surface area contributed by atoms with E-state index in [1.807, 2.05) is 25.1 Å². The van der Waals surface area contributed by atoms with E-state index in [1.165, 1.54) is 18.3 Å². The Hall–Kier alpha value is -2.73. The van der Waals surface area contributed by atoms with E-state index >= 15 is 0 Å². The lowest BCUT2D eigenvalue weighted by atomic mass is 10.2. The molecule has 0 saturated heterocycles. The second kappa shape index (κ2) is 5.57. The Morgan fingerprint density at radius 1 is 1.36 bits per heavy atom. The molecule has 0 radical (unpaired) electrons. The summed E-state index contributed by atoms with van der Waals surface area (Å²) < 4.78 is 15.2. The Labute approximate surface area is 126 Å². The third-order valence-corrected chi connectivity index (χ3v) is 3.43. The number of halogens is 1. The fourth-order valence-electron chi connectivity index (χ4n) is 2.36. The number of anilines is 1. The van der Waals surface area contributed by atoms with Crippen LogP contribution in [0.25, 0.3) is 5.52 Å². The van der Waals surface area contributed by atoms with Crippen LogP contribution in [0.2, 0.25) is 0 Å². The Kier molecular flexibility index (Phi) is 3.60. The molecule has 0 aliphatic rings. The van der Waals surface area contributed by atoms with Crippen molar-refractivity contribution in [2.45, 2.75) is 13.5 Å². The van der Waals surface area contributed by atoms with Gasteiger partial charge in [0.2, 0.25) is 0 Å². The molecule has 0 atom stereocenters. The van der Waals surface area contributed by atoms with Crippen molar-refractivity contribution in [1.29, 1.82) is 0 Å². The molecule has 2 heterocycles. The van der Waals surface area contributed by atoms with E-state index < -0.39 is 5.82 Å². The largest absolute Gasteiger partial charge is 0.326 e.